The molecule has 3 N–H and O–H groups in total. The van der Waals surface area contributed by atoms with Crippen LogP contribution in [0.5, 0.6) is 5.75 Å². The Morgan fingerprint density at radius 2 is 2.05 bits per heavy atom. The summed E-state index contributed by atoms with van der Waals surface area (Å²) in [5, 5.41) is 10.3. The van der Waals surface area contributed by atoms with Gasteiger partial charge in [0.1, 0.15) is 5.75 Å². The normalized spacial score (nSPS) is 14.1. The molecule has 0 aliphatic heterocycles. The van der Waals surface area contributed by atoms with Crippen molar-refractivity contribution in [3.05, 3.63) is 29.8 Å². The molecule has 2 unspecified atom stereocenters. The van der Waals surface area contributed by atoms with Gasteiger partial charge in [-0.25, -0.2) is 0 Å². The van der Waals surface area contributed by atoms with Gasteiger partial charge in [-0.05, 0) is 24.1 Å². The van der Waals surface area contributed by atoms with Crippen molar-refractivity contribution in [2.75, 3.05) is 13.7 Å². The summed E-state index contributed by atoms with van der Waals surface area (Å²) in [4.78, 5) is 0. The lowest BCUT2D eigenvalue weighted by atomic mass is 9.90. The van der Waals surface area contributed by atoms with Gasteiger partial charge < -0.3 is 15.6 Å². The lowest BCUT2D eigenvalue weighted by molar-refractivity contribution is 0.132. The van der Waals surface area contributed by atoms with Gasteiger partial charge >= 0.3 is 0 Å². The second-order valence-corrected chi connectivity index (χ2v) is 5.04. The fraction of sp³-hybridized carbons (Fsp3) is 0.625. The number of aliphatic hydroxyl groups is 1. The molecule has 2 atom stereocenters. The highest BCUT2D eigenvalue weighted by atomic mass is 16.5. The second-order valence-electron chi connectivity index (χ2n) is 5.04. The molecule has 1 rings (SSSR count). The van der Waals surface area contributed by atoms with Gasteiger partial charge in [0.2, 0.25) is 0 Å². The smallest absolute Gasteiger partial charge is 0.119 e. The van der Waals surface area contributed by atoms with Crippen LogP contribution in [0.4, 0.5) is 0 Å². The van der Waals surface area contributed by atoms with Gasteiger partial charge in [0, 0.05) is 12.5 Å². The lowest BCUT2D eigenvalue weighted by Gasteiger charge is -2.22. The first-order valence-electron chi connectivity index (χ1n) is 7.25. The molecule has 0 radical (unpaired) electrons. The number of unbranched alkanes of at least 4 members (excludes halogenated alkanes) is 3. The van der Waals surface area contributed by atoms with Crippen LogP contribution in [0.25, 0.3) is 0 Å². The summed E-state index contributed by atoms with van der Waals surface area (Å²) in [5.41, 5.74) is 6.89. The third-order valence-electron chi connectivity index (χ3n) is 3.59. The van der Waals surface area contributed by atoms with Crippen molar-refractivity contribution in [3.8, 4) is 5.75 Å². The summed E-state index contributed by atoms with van der Waals surface area (Å²) < 4.78 is 5.22. The molecule has 0 heterocycles. The number of aliphatic hydroxyl groups excluding tert-OH is 1. The molecule has 0 saturated heterocycles. The Balaban J connectivity index is 2.59. The first-order valence-corrected chi connectivity index (χ1v) is 7.25. The zero-order valence-electron chi connectivity index (χ0n) is 12.1. The van der Waals surface area contributed by atoms with Crippen LogP contribution in [0.1, 0.15) is 50.5 Å². The van der Waals surface area contributed by atoms with E-state index < -0.39 is 0 Å². The Hall–Kier alpha value is -1.06. The monoisotopic (exact) mass is 265 g/mol. The molecule has 0 bridgehead atoms. The zero-order valence-corrected chi connectivity index (χ0v) is 12.1. The van der Waals surface area contributed by atoms with E-state index in [2.05, 4.69) is 6.92 Å². The van der Waals surface area contributed by atoms with Gasteiger partial charge in [0.15, 0.2) is 0 Å². The van der Waals surface area contributed by atoms with Crippen LogP contribution in [0.3, 0.4) is 0 Å². The van der Waals surface area contributed by atoms with E-state index in [0.717, 1.165) is 24.2 Å². The van der Waals surface area contributed by atoms with Crippen LogP contribution < -0.4 is 10.5 Å². The minimum Gasteiger partial charge on any atom is -0.497 e. The van der Waals surface area contributed by atoms with Gasteiger partial charge in [0.25, 0.3) is 0 Å². The molecular formula is C16H27NO2. The minimum absolute atomic E-state index is 0.00303. The van der Waals surface area contributed by atoms with E-state index >= 15 is 0 Å². The van der Waals surface area contributed by atoms with Crippen LogP contribution in [0.15, 0.2) is 24.3 Å². The van der Waals surface area contributed by atoms with Crippen LogP contribution in [-0.2, 0) is 0 Å². The first-order chi connectivity index (χ1) is 9.22. The molecule has 0 saturated carbocycles. The molecule has 3 heteroatoms. The Morgan fingerprint density at radius 3 is 2.68 bits per heavy atom. The Kier molecular flexibility index (Phi) is 7.53. The molecule has 0 aliphatic carbocycles. The quantitative estimate of drug-likeness (QED) is 0.675. The summed E-state index contributed by atoms with van der Waals surface area (Å²) in [7, 11) is 1.65. The second kappa shape index (κ2) is 8.94. The van der Waals surface area contributed by atoms with Crippen molar-refractivity contribution < 1.29 is 9.84 Å². The van der Waals surface area contributed by atoms with Gasteiger partial charge in [-0.15, -0.1) is 0 Å². The number of methoxy groups -OCH3 is 1. The van der Waals surface area contributed by atoms with Crippen LogP contribution >= 0.6 is 0 Å². The predicted molar refractivity (Wildman–Crippen MR) is 79.6 cm³/mol. The third-order valence-corrected chi connectivity index (χ3v) is 3.59. The standard InChI is InChI=1S/C16H27NO2/c1-3-4-5-6-10-16(18)15(12-17)13-8-7-9-14(11-13)19-2/h7-9,11,15-16,18H,3-6,10,12,17H2,1-2H3. The van der Waals surface area contributed by atoms with Gasteiger partial charge in [-0.1, -0.05) is 44.7 Å². The zero-order chi connectivity index (χ0) is 14.1. The number of hydrogen-bond donors (Lipinski definition) is 2. The van der Waals surface area contributed by atoms with Crippen molar-refractivity contribution in [1.29, 1.82) is 0 Å². The maximum absolute atomic E-state index is 10.3. The predicted octanol–water partition coefficient (Wildman–Crippen LogP) is 3.07. The molecule has 19 heavy (non-hydrogen) atoms. The average Bonchev–Trinajstić information content (AvgIpc) is 2.44. The highest BCUT2D eigenvalue weighted by Gasteiger charge is 2.19. The molecular weight excluding hydrogens is 238 g/mol. The fourth-order valence-electron chi connectivity index (χ4n) is 2.37. The summed E-state index contributed by atoms with van der Waals surface area (Å²) in [5.74, 6) is 0.811. The molecule has 1 aromatic carbocycles. The van der Waals surface area contributed by atoms with E-state index in [9.17, 15) is 5.11 Å². The van der Waals surface area contributed by atoms with E-state index in [-0.39, 0.29) is 12.0 Å². The SMILES string of the molecule is CCCCCCC(O)C(CN)c1cccc(OC)c1. The molecule has 0 amide bonds. The van der Waals surface area contributed by atoms with E-state index in [0.29, 0.717) is 6.54 Å². The summed E-state index contributed by atoms with van der Waals surface area (Å²) >= 11 is 0. The average molecular weight is 265 g/mol. The van der Waals surface area contributed by atoms with Crippen molar-refractivity contribution in [1.82, 2.24) is 0 Å². The van der Waals surface area contributed by atoms with Crippen LogP contribution in [-0.4, -0.2) is 24.9 Å². The maximum Gasteiger partial charge on any atom is 0.119 e. The number of benzene rings is 1. The molecule has 0 aromatic heterocycles. The Morgan fingerprint density at radius 1 is 1.26 bits per heavy atom. The number of nitrogens with two attached hydrogens (primary N) is 1. The van der Waals surface area contributed by atoms with E-state index in [4.69, 9.17) is 10.5 Å². The van der Waals surface area contributed by atoms with Crippen molar-refractivity contribution >= 4 is 0 Å². The number of hydrogen-bond acceptors (Lipinski definition) is 3. The minimum atomic E-state index is -0.367. The Bertz CT molecular complexity index is 354. The van der Waals surface area contributed by atoms with Gasteiger partial charge in [-0.2, -0.15) is 0 Å². The van der Waals surface area contributed by atoms with Crippen molar-refractivity contribution in [2.45, 2.75) is 51.0 Å². The van der Waals surface area contributed by atoms with E-state index in [1.165, 1.54) is 19.3 Å². The molecule has 0 aliphatic rings. The highest BCUT2D eigenvalue weighted by Crippen LogP contribution is 2.25. The molecule has 0 spiro atoms. The third kappa shape index (κ3) is 5.21. The summed E-state index contributed by atoms with van der Waals surface area (Å²) in [6.07, 6.45) is 5.15. The van der Waals surface area contributed by atoms with Crippen LogP contribution in [0, 0.1) is 0 Å². The maximum atomic E-state index is 10.3. The molecule has 108 valence electrons. The van der Waals surface area contributed by atoms with Crippen LogP contribution in [0.2, 0.25) is 0 Å². The van der Waals surface area contributed by atoms with Crippen molar-refractivity contribution in [3.63, 3.8) is 0 Å². The molecule has 3 nitrogen and oxygen atoms in total. The lowest BCUT2D eigenvalue weighted by Crippen LogP contribution is -2.25. The number of rotatable bonds is 9. The first kappa shape index (κ1) is 16.0. The summed E-state index contributed by atoms with van der Waals surface area (Å²) in [6.45, 7) is 2.65. The Labute approximate surface area is 116 Å². The molecule has 0 fully saturated rings. The van der Waals surface area contributed by atoms with Gasteiger partial charge in [0.05, 0.1) is 13.2 Å². The topological polar surface area (TPSA) is 55.5 Å². The fourth-order valence-corrected chi connectivity index (χ4v) is 2.37. The summed E-state index contributed by atoms with van der Waals surface area (Å²) in [6, 6.07) is 7.83. The largest absolute Gasteiger partial charge is 0.497 e. The van der Waals surface area contributed by atoms with E-state index in [1.807, 2.05) is 24.3 Å². The number of ether oxygens (including phenoxy) is 1. The highest BCUT2D eigenvalue weighted by molar-refractivity contribution is 5.31. The van der Waals surface area contributed by atoms with Gasteiger partial charge in [-0.3, -0.25) is 0 Å². The van der Waals surface area contributed by atoms with E-state index in [1.54, 1.807) is 7.11 Å². The van der Waals surface area contributed by atoms with Crippen molar-refractivity contribution in [2.24, 2.45) is 5.73 Å². The molecule has 1 aromatic rings.